The minimum Gasteiger partial charge on any atom is -0.463 e. The maximum atomic E-state index is 11.9. The van der Waals surface area contributed by atoms with Gasteiger partial charge in [0, 0.05) is 6.92 Å². The molecule has 0 aromatic heterocycles. The van der Waals surface area contributed by atoms with Gasteiger partial charge in [-0.25, -0.2) is 0 Å². The highest BCUT2D eigenvalue weighted by Gasteiger charge is 2.14. The second-order valence-corrected chi connectivity index (χ2v) is 6.27. The third-order valence-corrected chi connectivity index (χ3v) is 4.01. The van der Waals surface area contributed by atoms with E-state index in [9.17, 15) is 13.2 Å². The monoisotopic (exact) mass is 346 g/mol. The van der Waals surface area contributed by atoms with Crippen molar-refractivity contribution in [2.24, 2.45) is 0 Å². The zero-order valence-electron chi connectivity index (χ0n) is 13.3. The number of hydrogen-bond acceptors (Lipinski definition) is 7. The molecule has 0 unspecified atom stereocenters. The molecule has 0 aliphatic carbocycles. The van der Waals surface area contributed by atoms with Gasteiger partial charge in [0.05, 0.1) is 37.9 Å². The number of benzene rings is 1. The molecule has 0 saturated carbocycles. The average Bonchev–Trinajstić information content (AvgIpc) is 2.49. The van der Waals surface area contributed by atoms with Crippen molar-refractivity contribution >= 4 is 16.1 Å². The van der Waals surface area contributed by atoms with Crippen LogP contribution in [0.5, 0.6) is 0 Å². The number of ether oxygens (including phenoxy) is 3. The lowest BCUT2D eigenvalue weighted by Gasteiger charge is -2.07. The number of aryl methyl sites for hydroxylation is 1. The van der Waals surface area contributed by atoms with Gasteiger partial charge in [-0.15, -0.1) is 0 Å². The highest BCUT2D eigenvalue weighted by atomic mass is 32.2. The highest BCUT2D eigenvalue weighted by molar-refractivity contribution is 7.86. The molecule has 23 heavy (non-hydrogen) atoms. The lowest BCUT2D eigenvalue weighted by atomic mass is 10.2. The van der Waals surface area contributed by atoms with Crippen LogP contribution in [-0.2, 0) is 33.3 Å². The molecule has 0 bridgehead atoms. The number of hydrogen-bond donors (Lipinski definition) is 0. The number of esters is 1. The first-order valence-corrected chi connectivity index (χ1v) is 8.57. The Morgan fingerprint density at radius 1 is 0.913 bits per heavy atom. The Kier molecular flexibility index (Phi) is 8.78. The fourth-order valence-corrected chi connectivity index (χ4v) is 2.43. The van der Waals surface area contributed by atoms with Crippen molar-refractivity contribution in [1.29, 1.82) is 0 Å². The van der Waals surface area contributed by atoms with E-state index in [1.54, 1.807) is 12.1 Å². The maximum Gasteiger partial charge on any atom is 0.302 e. The largest absolute Gasteiger partial charge is 0.463 e. The van der Waals surface area contributed by atoms with Gasteiger partial charge in [0.2, 0.25) is 0 Å². The van der Waals surface area contributed by atoms with E-state index in [1.807, 2.05) is 6.92 Å². The van der Waals surface area contributed by atoms with Crippen molar-refractivity contribution < 1.29 is 31.6 Å². The van der Waals surface area contributed by atoms with Crippen LogP contribution in [0.25, 0.3) is 0 Å². The Morgan fingerprint density at radius 3 is 2.00 bits per heavy atom. The molecule has 0 saturated heterocycles. The Hall–Kier alpha value is -1.48. The summed E-state index contributed by atoms with van der Waals surface area (Å²) in [6.45, 7) is 4.39. The summed E-state index contributed by atoms with van der Waals surface area (Å²) in [4.78, 5) is 10.6. The van der Waals surface area contributed by atoms with Crippen LogP contribution in [0.1, 0.15) is 12.5 Å². The van der Waals surface area contributed by atoms with Crippen LogP contribution >= 0.6 is 0 Å². The molecular formula is C15H22O7S. The van der Waals surface area contributed by atoms with Crippen molar-refractivity contribution in [3.8, 4) is 0 Å². The minimum absolute atomic E-state index is 0.0658. The SMILES string of the molecule is CC(=O)OCCOCCOCCOS(=O)(=O)c1ccc(C)cc1. The third-order valence-electron chi connectivity index (χ3n) is 2.68. The van der Waals surface area contributed by atoms with Crippen molar-refractivity contribution in [3.63, 3.8) is 0 Å². The Morgan fingerprint density at radius 2 is 1.43 bits per heavy atom. The first kappa shape index (κ1) is 19.6. The van der Waals surface area contributed by atoms with Crippen LogP contribution in [-0.4, -0.2) is 54.0 Å². The summed E-state index contributed by atoms with van der Waals surface area (Å²) in [6, 6.07) is 6.42. The normalized spacial score (nSPS) is 11.4. The zero-order chi connectivity index (χ0) is 17.1. The molecule has 0 aliphatic rings. The molecule has 0 N–H and O–H groups in total. The van der Waals surface area contributed by atoms with Crippen molar-refractivity contribution in [2.45, 2.75) is 18.7 Å². The molecule has 130 valence electrons. The van der Waals surface area contributed by atoms with Crippen LogP contribution in [0.4, 0.5) is 0 Å². The van der Waals surface area contributed by atoms with E-state index < -0.39 is 10.1 Å². The van der Waals surface area contributed by atoms with Crippen molar-refractivity contribution in [1.82, 2.24) is 0 Å². The fourth-order valence-electron chi connectivity index (χ4n) is 1.54. The molecule has 1 aromatic rings. The van der Waals surface area contributed by atoms with E-state index in [4.69, 9.17) is 13.7 Å². The van der Waals surface area contributed by atoms with Gasteiger partial charge in [0.15, 0.2) is 0 Å². The molecule has 1 rings (SSSR count). The van der Waals surface area contributed by atoms with E-state index in [1.165, 1.54) is 19.1 Å². The molecule has 0 radical (unpaired) electrons. The van der Waals surface area contributed by atoms with Gasteiger partial charge in [0.1, 0.15) is 6.61 Å². The summed E-state index contributed by atoms with van der Waals surface area (Å²) in [5, 5.41) is 0. The van der Waals surface area contributed by atoms with Crippen molar-refractivity contribution in [3.05, 3.63) is 29.8 Å². The van der Waals surface area contributed by atoms with Gasteiger partial charge < -0.3 is 14.2 Å². The number of carbonyl (C=O) groups is 1. The molecule has 0 fully saturated rings. The summed E-state index contributed by atoms with van der Waals surface area (Å²) >= 11 is 0. The second-order valence-electron chi connectivity index (χ2n) is 4.65. The van der Waals surface area contributed by atoms with Crippen LogP contribution < -0.4 is 0 Å². The molecular weight excluding hydrogens is 324 g/mol. The van der Waals surface area contributed by atoms with Gasteiger partial charge >= 0.3 is 5.97 Å². The summed E-state index contributed by atoms with van der Waals surface area (Å²) in [5.74, 6) is -0.350. The Labute approximate surface area is 136 Å². The molecule has 0 amide bonds. The van der Waals surface area contributed by atoms with Gasteiger partial charge in [0.25, 0.3) is 10.1 Å². The fraction of sp³-hybridized carbons (Fsp3) is 0.533. The zero-order valence-corrected chi connectivity index (χ0v) is 14.1. The Bertz CT molecular complexity index is 566. The van der Waals surface area contributed by atoms with E-state index in [2.05, 4.69) is 4.74 Å². The molecule has 0 atom stereocenters. The predicted molar refractivity (Wildman–Crippen MR) is 82.6 cm³/mol. The van der Waals surface area contributed by atoms with Gasteiger partial charge in [-0.1, -0.05) is 17.7 Å². The van der Waals surface area contributed by atoms with Gasteiger partial charge in [-0.05, 0) is 19.1 Å². The first-order valence-electron chi connectivity index (χ1n) is 7.17. The van der Waals surface area contributed by atoms with Crippen LogP contribution in [0, 0.1) is 6.92 Å². The second kappa shape index (κ2) is 10.3. The summed E-state index contributed by atoms with van der Waals surface area (Å²) in [7, 11) is -3.75. The lowest BCUT2D eigenvalue weighted by Crippen LogP contribution is -2.14. The van der Waals surface area contributed by atoms with E-state index >= 15 is 0 Å². The average molecular weight is 346 g/mol. The molecule has 1 aromatic carbocycles. The molecule has 0 aliphatic heterocycles. The molecule has 0 spiro atoms. The summed E-state index contributed by atoms with van der Waals surface area (Å²) in [6.07, 6.45) is 0. The predicted octanol–water partition coefficient (Wildman–Crippen LogP) is 1.30. The van der Waals surface area contributed by atoms with Gasteiger partial charge in [-0.2, -0.15) is 8.42 Å². The van der Waals surface area contributed by atoms with Crippen LogP contribution in [0.15, 0.2) is 29.2 Å². The minimum atomic E-state index is -3.75. The smallest absolute Gasteiger partial charge is 0.302 e. The van der Waals surface area contributed by atoms with E-state index in [0.717, 1.165) is 5.56 Å². The first-order chi connectivity index (χ1) is 10.9. The molecule has 8 heteroatoms. The summed E-state index contributed by atoms with van der Waals surface area (Å²) < 4.78 is 43.6. The lowest BCUT2D eigenvalue weighted by molar-refractivity contribution is -0.142. The van der Waals surface area contributed by atoms with E-state index in [0.29, 0.717) is 19.8 Å². The quantitative estimate of drug-likeness (QED) is 0.339. The Balaban J connectivity index is 2.08. The van der Waals surface area contributed by atoms with Crippen LogP contribution in [0.3, 0.4) is 0 Å². The highest BCUT2D eigenvalue weighted by Crippen LogP contribution is 2.12. The van der Waals surface area contributed by atoms with Crippen LogP contribution in [0.2, 0.25) is 0 Å². The van der Waals surface area contributed by atoms with Gasteiger partial charge in [-0.3, -0.25) is 8.98 Å². The third kappa shape index (κ3) is 8.65. The molecule has 0 heterocycles. The number of carbonyl (C=O) groups excluding carboxylic acids is 1. The molecule has 7 nitrogen and oxygen atoms in total. The number of rotatable bonds is 11. The van der Waals surface area contributed by atoms with E-state index in [-0.39, 0.29) is 30.7 Å². The standard InChI is InChI=1S/C15H22O7S/c1-13-3-5-15(6-4-13)23(17,18)22-12-10-20-8-7-19-9-11-21-14(2)16/h3-6H,7-12H2,1-2H3. The summed E-state index contributed by atoms with van der Waals surface area (Å²) in [5.41, 5.74) is 0.973. The van der Waals surface area contributed by atoms with Crippen molar-refractivity contribution in [2.75, 3.05) is 39.6 Å². The maximum absolute atomic E-state index is 11.9. The topological polar surface area (TPSA) is 88.1 Å².